The van der Waals surface area contributed by atoms with E-state index in [1.165, 1.54) is 0 Å². The lowest BCUT2D eigenvalue weighted by Crippen LogP contribution is -2.47. The van der Waals surface area contributed by atoms with Gasteiger partial charge in [-0.2, -0.15) is 5.10 Å². The van der Waals surface area contributed by atoms with Gasteiger partial charge in [-0.3, -0.25) is 4.68 Å². The molecule has 0 spiro atoms. The first-order chi connectivity index (χ1) is 11.5. The molecule has 3 heterocycles. The summed E-state index contributed by atoms with van der Waals surface area (Å²) in [6.45, 7) is 6.13. The Morgan fingerprint density at radius 3 is 2.92 bits per heavy atom. The van der Waals surface area contributed by atoms with Crippen molar-refractivity contribution in [3.8, 4) is 0 Å². The van der Waals surface area contributed by atoms with Crippen molar-refractivity contribution in [3.05, 3.63) is 41.1 Å². The summed E-state index contributed by atoms with van der Waals surface area (Å²) in [6.07, 6.45) is 2.43. The molecule has 1 aliphatic heterocycles. The summed E-state index contributed by atoms with van der Waals surface area (Å²) in [6, 6.07) is 3.76. The van der Waals surface area contributed by atoms with Crippen LogP contribution >= 0.6 is 0 Å². The van der Waals surface area contributed by atoms with Crippen molar-refractivity contribution in [2.24, 2.45) is 7.05 Å². The molecule has 2 amide bonds. The van der Waals surface area contributed by atoms with Crippen molar-refractivity contribution in [1.82, 2.24) is 20.0 Å². The van der Waals surface area contributed by atoms with Crippen LogP contribution in [-0.4, -0.2) is 47.0 Å². The van der Waals surface area contributed by atoms with E-state index >= 15 is 0 Å². The number of furan rings is 1. The summed E-state index contributed by atoms with van der Waals surface area (Å²) >= 11 is 0. The number of amides is 2. The van der Waals surface area contributed by atoms with Gasteiger partial charge in [-0.25, -0.2) is 4.79 Å². The van der Waals surface area contributed by atoms with Gasteiger partial charge in [0.2, 0.25) is 0 Å². The summed E-state index contributed by atoms with van der Waals surface area (Å²) < 4.78 is 13.2. The van der Waals surface area contributed by atoms with Gasteiger partial charge in [-0.1, -0.05) is 0 Å². The smallest absolute Gasteiger partial charge is 0.317 e. The third kappa shape index (κ3) is 3.62. The molecule has 1 fully saturated rings. The highest BCUT2D eigenvalue weighted by atomic mass is 16.5. The number of aryl methyl sites for hydroxylation is 2. The Morgan fingerprint density at radius 1 is 1.42 bits per heavy atom. The monoisotopic (exact) mass is 332 g/mol. The van der Waals surface area contributed by atoms with E-state index in [0.717, 1.165) is 29.2 Å². The fourth-order valence-corrected chi connectivity index (χ4v) is 2.84. The van der Waals surface area contributed by atoms with E-state index in [1.54, 1.807) is 4.90 Å². The maximum absolute atomic E-state index is 12.4. The number of carbonyl (C=O) groups excluding carboxylic acids is 1. The molecule has 0 unspecified atom stereocenters. The molecule has 7 nitrogen and oxygen atoms in total. The predicted octanol–water partition coefficient (Wildman–Crippen LogP) is 1.96. The van der Waals surface area contributed by atoms with Gasteiger partial charge in [-0.05, 0) is 38.0 Å². The highest BCUT2D eigenvalue weighted by Crippen LogP contribution is 2.24. The second-order valence-electron chi connectivity index (χ2n) is 6.11. The van der Waals surface area contributed by atoms with Gasteiger partial charge in [0.05, 0.1) is 19.3 Å². The molecule has 1 aliphatic rings. The number of nitrogens with zero attached hydrogens (tertiary/aromatic N) is 3. The van der Waals surface area contributed by atoms with E-state index in [-0.39, 0.29) is 12.1 Å². The van der Waals surface area contributed by atoms with Crippen LogP contribution < -0.4 is 5.32 Å². The van der Waals surface area contributed by atoms with Gasteiger partial charge in [0.1, 0.15) is 17.6 Å². The average Bonchev–Trinajstić information content (AvgIpc) is 3.15. The Hall–Kier alpha value is -2.28. The number of aromatic nitrogens is 2. The molecule has 7 heteroatoms. The van der Waals surface area contributed by atoms with Gasteiger partial charge >= 0.3 is 6.03 Å². The minimum atomic E-state index is -0.196. The zero-order valence-electron chi connectivity index (χ0n) is 14.4. The number of hydrogen-bond donors (Lipinski definition) is 1. The third-order valence-corrected chi connectivity index (χ3v) is 4.44. The second-order valence-corrected chi connectivity index (χ2v) is 6.11. The van der Waals surface area contributed by atoms with Crippen molar-refractivity contribution in [1.29, 1.82) is 0 Å². The highest BCUT2D eigenvalue weighted by Gasteiger charge is 2.27. The van der Waals surface area contributed by atoms with Gasteiger partial charge in [0, 0.05) is 25.8 Å². The molecule has 0 saturated carbocycles. The summed E-state index contributed by atoms with van der Waals surface area (Å²) in [7, 11) is 1.92. The van der Waals surface area contributed by atoms with Crippen molar-refractivity contribution < 1.29 is 13.9 Å². The molecule has 2 aromatic heterocycles. The number of hydrogen-bond acceptors (Lipinski definition) is 4. The predicted molar refractivity (Wildman–Crippen MR) is 88.8 cm³/mol. The van der Waals surface area contributed by atoms with E-state index in [1.807, 2.05) is 43.9 Å². The largest absolute Gasteiger partial charge is 0.464 e. The second kappa shape index (κ2) is 7.09. The van der Waals surface area contributed by atoms with Gasteiger partial charge < -0.3 is 19.4 Å². The van der Waals surface area contributed by atoms with Crippen LogP contribution in [0.4, 0.5) is 4.79 Å². The molecule has 24 heavy (non-hydrogen) atoms. The van der Waals surface area contributed by atoms with E-state index in [2.05, 4.69) is 10.4 Å². The third-order valence-electron chi connectivity index (χ3n) is 4.44. The molecule has 1 N–H and O–H groups in total. The lowest BCUT2D eigenvalue weighted by Gasteiger charge is -2.32. The van der Waals surface area contributed by atoms with Crippen LogP contribution in [0.15, 0.2) is 22.7 Å². The maximum Gasteiger partial charge on any atom is 0.317 e. The maximum atomic E-state index is 12.4. The van der Waals surface area contributed by atoms with E-state index < -0.39 is 0 Å². The number of carbonyl (C=O) groups is 1. The molecule has 3 rings (SSSR count). The Morgan fingerprint density at radius 2 is 2.25 bits per heavy atom. The standard InChI is InChI=1S/C17H24N4O3/c1-12-4-5-15(24-12)16-11-21(8-9-23-16)17(22)18-7-6-14-10-19-20(3)13(14)2/h4-5,10,16H,6-9,11H2,1-3H3,(H,18,22)/t16-/m0/s1. The van der Waals surface area contributed by atoms with Gasteiger partial charge in [0.25, 0.3) is 0 Å². The van der Waals surface area contributed by atoms with Crippen LogP contribution in [0, 0.1) is 13.8 Å². The Balaban J connectivity index is 1.50. The summed E-state index contributed by atoms with van der Waals surface area (Å²) in [5.41, 5.74) is 2.28. The molecule has 1 saturated heterocycles. The molecule has 2 aromatic rings. The van der Waals surface area contributed by atoms with Crippen LogP contribution in [0.1, 0.15) is 28.9 Å². The van der Waals surface area contributed by atoms with Crippen molar-refractivity contribution >= 4 is 6.03 Å². The first-order valence-corrected chi connectivity index (χ1v) is 8.23. The summed E-state index contributed by atoms with van der Waals surface area (Å²) in [4.78, 5) is 14.1. The lowest BCUT2D eigenvalue weighted by atomic mass is 10.2. The number of rotatable bonds is 4. The number of ether oxygens (including phenoxy) is 1. The molecule has 0 aromatic carbocycles. The molecular weight excluding hydrogens is 308 g/mol. The topological polar surface area (TPSA) is 72.5 Å². The molecule has 1 atom stereocenters. The fraction of sp³-hybridized carbons (Fsp3) is 0.529. The number of urea groups is 1. The minimum Gasteiger partial charge on any atom is -0.464 e. The van der Waals surface area contributed by atoms with Gasteiger partial charge in [-0.15, -0.1) is 0 Å². The van der Waals surface area contributed by atoms with E-state index in [4.69, 9.17) is 9.15 Å². The normalized spacial score (nSPS) is 18.0. The summed E-state index contributed by atoms with van der Waals surface area (Å²) in [5.74, 6) is 1.62. The van der Waals surface area contributed by atoms with E-state index in [0.29, 0.717) is 26.2 Å². The van der Waals surface area contributed by atoms with E-state index in [9.17, 15) is 4.79 Å². The van der Waals surface area contributed by atoms with Crippen molar-refractivity contribution in [2.45, 2.75) is 26.4 Å². The van der Waals surface area contributed by atoms with Crippen LogP contribution in [0.5, 0.6) is 0 Å². The first-order valence-electron chi connectivity index (χ1n) is 8.23. The zero-order chi connectivity index (χ0) is 17.1. The minimum absolute atomic E-state index is 0.0619. The van der Waals surface area contributed by atoms with Crippen LogP contribution in [0.3, 0.4) is 0 Å². The zero-order valence-corrected chi connectivity index (χ0v) is 14.4. The van der Waals surface area contributed by atoms with Crippen molar-refractivity contribution in [3.63, 3.8) is 0 Å². The Bertz CT molecular complexity index is 707. The molecule has 130 valence electrons. The highest BCUT2D eigenvalue weighted by molar-refractivity contribution is 5.74. The molecule has 0 aliphatic carbocycles. The summed E-state index contributed by atoms with van der Waals surface area (Å²) in [5, 5.41) is 7.19. The molecule has 0 bridgehead atoms. The fourth-order valence-electron chi connectivity index (χ4n) is 2.84. The lowest BCUT2D eigenvalue weighted by molar-refractivity contribution is -0.0263. The average molecular weight is 332 g/mol. The quantitative estimate of drug-likeness (QED) is 0.929. The van der Waals surface area contributed by atoms with Gasteiger partial charge in [0.15, 0.2) is 0 Å². The Labute approximate surface area is 141 Å². The molecular formula is C17H24N4O3. The Kier molecular flexibility index (Phi) is 4.89. The molecule has 0 radical (unpaired) electrons. The first kappa shape index (κ1) is 16.6. The van der Waals surface area contributed by atoms with Crippen LogP contribution in [-0.2, 0) is 18.2 Å². The van der Waals surface area contributed by atoms with Crippen LogP contribution in [0.25, 0.3) is 0 Å². The van der Waals surface area contributed by atoms with Crippen molar-refractivity contribution in [2.75, 3.05) is 26.2 Å². The SMILES string of the molecule is Cc1ccc([C@@H]2CN(C(=O)NCCc3cnn(C)c3C)CCO2)o1. The number of morpholine rings is 1. The number of nitrogens with one attached hydrogen (secondary N) is 1. The van der Waals surface area contributed by atoms with Crippen LogP contribution in [0.2, 0.25) is 0 Å².